The summed E-state index contributed by atoms with van der Waals surface area (Å²) in [5.74, 6) is -0.449. The first-order valence-corrected chi connectivity index (χ1v) is 11.8. The molecule has 1 aliphatic carbocycles. The Bertz CT molecular complexity index is 972. The third-order valence-corrected chi connectivity index (χ3v) is 7.87. The zero-order chi connectivity index (χ0) is 21.0. The molecular weight excluding hydrogens is 431 g/mol. The van der Waals surface area contributed by atoms with Gasteiger partial charge in [-0.05, 0) is 44.0 Å². The van der Waals surface area contributed by atoms with Crippen molar-refractivity contribution in [3.8, 4) is 0 Å². The summed E-state index contributed by atoms with van der Waals surface area (Å²) in [7, 11) is -3.81. The number of carbonyl (C=O) groups is 1. The van der Waals surface area contributed by atoms with Gasteiger partial charge in [0.15, 0.2) is 0 Å². The number of sulfonamides is 1. The van der Waals surface area contributed by atoms with Crippen LogP contribution in [0.1, 0.15) is 37.7 Å². The monoisotopic (exact) mass is 454 g/mol. The molecule has 0 atom stereocenters. The number of hydrogen-bond donors (Lipinski definition) is 1. The number of amides is 1. The Morgan fingerprint density at radius 2 is 1.72 bits per heavy atom. The summed E-state index contributed by atoms with van der Waals surface area (Å²) < 4.78 is 28.0. The predicted octanol–water partition coefficient (Wildman–Crippen LogP) is 5.26. The number of carbonyl (C=O) groups excluding carboxylic acids is 1. The van der Waals surface area contributed by atoms with Gasteiger partial charge in [-0.25, -0.2) is 8.42 Å². The fourth-order valence-corrected chi connectivity index (χ4v) is 5.55. The Balaban J connectivity index is 1.86. The lowest BCUT2D eigenvalue weighted by Crippen LogP contribution is -2.45. The van der Waals surface area contributed by atoms with Crippen molar-refractivity contribution in [2.45, 2.75) is 50.0 Å². The van der Waals surface area contributed by atoms with Gasteiger partial charge in [-0.3, -0.25) is 4.79 Å². The van der Waals surface area contributed by atoms with E-state index in [2.05, 4.69) is 5.32 Å². The highest BCUT2D eigenvalue weighted by Gasteiger charge is 2.34. The molecule has 1 fully saturated rings. The predicted molar refractivity (Wildman–Crippen MR) is 117 cm³/mol. The van der Waals surface area contributed by atoms with E-state index in [0.29, 0.717) is 10.7 Å². The van der Waals surface area contributed by atoms with Crippen LogP contribution >= 0.6 is 23.2 Å². The quantitative estimate of drug-likeness (QED) is 0.646. The van der Waals surface area contributed by atoms with Gasteiger partial charge in [-0.2, -0.15) is 4.31 Å². The third-order valence-electron chi connectivity index (χ3n) is 5.13. The lowest BCUT2D eigenvalue weighted by molar-refractivity contribution is -0.116. The minimum absolute atomic E-state index is 0.197. The van der Waals surface area contributed by atoms with E-state index < -0.39 is 15.9 Å². The van der Waals surface area contributed by atoms with Gasteiger partial charge in [0.05, 0.1) is 27.2 Å². The van der Waals surface area contributed by atoms with E-state index in [9.17, 15) is 13.2 Å². The molecular formula is C21H24Cl2N2O3S. The molecule has 2 aromatic rings. The topological polar surface area (TPSA) is 66.5 Å². The number of nitrogens with zero attached hydrogens (tertiary/aromatic N) is 1. The first kappa shape index (κ1) is 22.1. The molecule has 0 bridgehead atoms. The van der Waals surface area contributed by atoms with Gasteiger partial charge in [-0.15, -0.1) is 0 Å². The second-order valence-corrected chi connectivity index (χ2v) is 9.98. The number of benzene rings is 2. The molecule has 0 unspecified atom stereocenters. The van der Waals surface area contributed by atoms with Crippen molar-refractivity contribution < 1.29 is 13.2 Å². The van der Waals surface area contributed by atoms with Crippen LogP contribution in [0, 0.1) is 6.92 Å². The van der Waals surface area contributed by atoms with Crippen molar-refractivity contribution in [3.05, 3.63) is 58.1 Å². The maximum atomic E-state index is 13.4. The van der Waals surface area contributed by atoms with E-state index in [1.165, 1.54) is 4.31 Å². The lowest BCUT2D eigenvalue weighted by Gasteiger charge is -2.33. The highest BCUT2D eigenvalue weighted by molar-refractivity contribution is 7.89. The number of halogens is 2. The van der Waals surface area contributed by atoms with E-state index in [1.807, 2.05) is 6.92 Å². The molecule has 1 amide bonds. The highest BCUT2D eigenvalue weighted by atomic mass is 35.5. The zero-order valence-electron chi connectivity index (χ0n) is 16.2. The van der Waals surface area contributed by atoms with Crippen LogP contribution in [0.2, 0.25) is 10.0 Å². The molecule has 0 aromatic heterocycles. The molecule has 0 aliphatic heterocycles. The second kappa shape index (κ2) is 9.47. The van der Waals surface area contributed by atoms with Crippen LogP contribution in [0.15, 0.2) is 47.4 Å². The molecule has 0 saturated heterocycles. The van der Waals surface area contributed by atoms with Gasteiger partial charge in [0.25, 0.3) is 0 Å². The molecule has 1 aliphatic rings. The van der Waals surface area contributed by atoms with Crippen molar-refractivity contribution in [3.63, 3.8) is 0 Å². The fraction of sp³-hybridized carbons (Fsp3) is 0.381. The minimum Gasteiger partial charge on any atom is -0.324 e. The number of nitrogens with one attached hydrogen (secondary N) is 1. The van der Waals surface area contributed by atoms with Gasteiger partial charge < -0.3 is 5.32 Å². The van der Waals surface area contributed by atoms with Crippen LogP contribution in [0.4, 0.5) is 5.69 Å². The summed E-state index contributed by atoms with van der Waals surface area (Å²) in [6.07, 6.45) is 4.48. The van der Waals surface area contributed by atoms with Gasteiger partial charge in [-0.1, -0.05) is 66.2 Å². The number of rotatable bonds is 6. The summed E-state index contributed by atoms with van der Waals surface area (Å²) in [5, 5.41) is 3.24. The second-order valence-electron chi connectivity index (χ2n) is 7.30. The van der Waals surface area contributed by atoms with Crippen LogP contribution in [-0.4, -0.2) is 31.2 Å². The van der Waals surface area contributed by atoms with Crippen LogP contribution in [0.25, 0.3) is 0 Å². The minimum atomic E-state index is -3.81. The zero-order valence-corrected chi connectivity index (χ0v) is 18.5. The SMILES string of the molecule is Cc1ccc(S(=O)(=O)N(CC(=O)Nc2cccc(Cl)c2Cl)C2CCCCC2)cc1. The van der Waals surface area contributed by atoms with E-state index in [-0.39, 0.29) is 22.5 Å². The Hall–Kier alpha value is -1.60. The molecule has 0 spiro atoms. The first-order valence-electron chi connectivity index (χ1n) is 9.61. The summed E-state index contributed by atoms with van der Waals surface area (Å²) in [6.45, 7) is 1.63. The van der Waals surface area contributed by atoms with Gasteiger partial charge >= 0.3 is 0 Å². The maximum absolute atomic E-state index is 13.4. The molecule has 1 N–H and O–H groups in total. The van der Waals surface area contributed by atoms with Crippen molar-refractivity contribution in [1.82, 2.24) is 4.31 Å². The third kappa shape index (κ3) is 5.31. The van der Waals surface area contributed by atoms with Crippen LogP contribution in [-0.2, 0) is 14.8 Å². The average molecular weight is 455 g/mol. The Morgan fingerprint density at radius 3 is 2.38 bits per heavy atom. The molecule has 0 radical (unpaired) electrons. The Morgan fingerprint density at radius 1 is 1.07 bits per heavy atom. The van der Waals surface area contributed by atoms with Crippen molar-refractivity contribution in [1.29, 1.82) is 0 Å². The van der Waals surface area contributed by atoms with Crippen molar-refractivity contribution in [2.75, 3.05) is 11.9 Å². The Kier molecular flexibility index (Phi) is 7.22. The van der Waals surface area contributed by atoms with E-state index in [1.54, 1.807) is 42.5 Å². The average Bonchev–Trinajstić information content (AvgIpc) is 2.70. The molecule has 1 saturated carbocycles. The number of aryl methyl sites for hydroxylation is 1. The number of anilines is 1. The largest absolute Gasteiger partial charge is 0.324 e. The molecule has 29 heavy (non-hydrogen) atoms. The van der Waals surface area contributed by atoms with E-state index in [0.717, 1.165) is 37.7 Å². The molecule has 3 rings (SSSR count). The first-order chi connectivity index (χ1) is 13.8. The molecule has 8 heteroatoms. The lowest BCUT2D eigenvalue weighted by atomic mass is 9.95. The number of hydrogen-bond acceptors (Lipinski definition) is 3. The molecule has 0 heterocycles. The van der Waals surface area contributed by atoms with Crippen molar-refractivity contribution in [2.24, 2.45) is 0 Å². The molecule has 2 aromatic carbocycles. The normalized spacial score (nSPS) is 15.4. The fourth-order valence-electron chi connectivity index (χ4n) is 3.56. The van der Waals surface area contributed by atoms with Crippen molar-refractivity contribution >= 4 is 44.8 Å². The Labute approximate surface area is 182 Å². The molecule has 156 valence electrons. The van der Waals surface area contributed by atoms with Crippen LogP contribution < -0.4 is 5.32 Å². The van der Waals surface area contributed by atoms with Crippen LogP contribution in [0.5, 0.6) is 0 Å². The highest BCUT2D eigenvalue weighted by Crippen LogP contribution is 2.31. The van der Waals surface area contributed by atoms with Gasteiger partial charge in [0, 0.05) is 6.04 Å². The van der Waals surface area contributed by atoms with E-state index in [4.69, 9.17) is 23.2 Å². The van der Waals surface area contributed by atoms with E-state index >= 15 is 0 Å². The summed E-state index contributed by atoms with van der Waals surface area (Å²) in [6, 6.07) is 11.4. The van der Waals surface area contributed by atoms with Crippen LogP contribution in [0.3, 0.4) is 0 Å². The summed E-state index contributed by atoms with van der Waals surface area (Å²) in [5.41, 5.74) is 1.34. The van der Waals surface area contributed by atoms with Gasteiger partial charge in [0.2, 0.25) is 15.9 Å². The maximum Gasteiger partial charge on any atom is 0.243 e. The smallest absolute Gasteiger partial charge is 0.243 e. The summed E-state index contributed by atoms with van der Waals surface area (Å²) >= 11 is 12.1. The summed E-state index contributed by atoms with van der Waals surface area (Å²) in [4.78, 5) is 12.9. The standard InChI is InChI=1S/C21H24Cl2N2O3S/c1-15-10-12-17(13-11-15)29(27,28)25(16-6-3-2-4-7-16)14-20(26)24-19-9-5-8-18(22)21(19)23/h5,8-13,16H,2-4,6-7,14H2,1H3,(H,24,26). The van der Waals surface area contributed by atoms with Gasteiger partial charge in [0.1, 0.15) is 0 Å². The molecule has 5 nitrogen and oxygen atoms in total.